The summed E-state index contributed by atoms with van der Waals surface area (Å²) in [5.74, 6) is -0.00445. The molecule has 0 aliphatic carbocycles. The predicted molar refractivity (Wildman–Crippen MR) is 58.2 cm³/mol. The number of benzene rings is 1. The zero-order chi connectivity index (χ0) is 10.6. The van der Waals surface area contributed by atoms with Crippen LogP contribution >= 0.6 is 0 Å². The lowest BCUT2D eigenvalue weighted by Gasteiger charge is -2.13. The van der Waals surface area contributed by atoms with E-state index in [-0.39, 0.29) is 11.9 Å². The van der Waals surface area contributed by atoms with Gasteiger partial charge in [0, 0.05) is 19.7 Å². The Morgan fingerprint density at radius 3 is 2.29 bits per heavy atom. The van der Waals surface area contributed by atoms with Gasteiger partial charge in [-0.15, -0.1) is 0 Å². The van der Waals surface area contributed by atoms with Crippen molar-refractivity contribution in [2.24, 2.45) is 0 Å². The summed E-state index contributed by atoms with van der Waals surface area (Å²) in [4.78, 5) is 10.8. The SMILES string of the molecule is CNc1ccc(C(C)NC(C)=O)cc1. The lowest BCUT2D eigenvalue weighted by molar-refractivity contribution is -0.119. The van der Waals surface area contributed by atoms with Gasteiger partial charge in [0.05, 0.1) is 6.04 Å². The number of carbonyl (C=O) groups excluding carboxylic acids is 1. The standard InChI is InChI=1S/C11H16N2O/c1-8(13-9(2)14)10-4-6-11(12-3)7-5-10/h4-8,12H,1-3H3,(H,13,14). The van der Waals surface area contributed by atoms with Crippen LogP contribution in [0.4, 0.5) is 5.69 Å². The molecule has 0 saturated carbocycles. The van der Waals surface area contributed by atoms with E-state index in [0.29, 0.717) is 0 Å². The molecule has 76 valence electrons. The van der Waals surface area contributed by atoms with Crippen molar-refractivity contribution in [3.8, 4) is 0 Å². The summed E-state index contributed by atoms with van der Waals surface area (Å²) in [6.45, 7) is 3.49. The first kappa shape index (κ1) is 10.6. The first-order valence-corrected chi connectivity index (χ1v) is 4.68. The third kappa shape index (κ3) is 2.76. The number of anilines is 1. The third-order valence-electron chi connectivity index (χ3n) is 2.12. The molecule has 0 heterocycles. The average Bonchev–Trinajstić information content (AvgIpc) is 2.17. The number of hydrogen-bond donors (Lipinski definition) is 2. The molecule has 1 amide bonds. The van der Waals surface area contributed by atoms with E-state index in [1.54, 1.807) is 0 Å². The second-order valence-corrected chi connectivity index (χ2v) is 3.29. The van der Waals surface area contributed by atoms with Crippen LogP contribution in [0.1, 0.15) is 25.5 Å². The van der Waals surface area contributed by atoms with E-state index in [9.17, 15) is 4.79 Å². The molecular formula is C11H16N2O. The van der Waals surface area contributed by atoms with E-state index in [1.807, 2.05) is 38.2 Å². The summed E-state index contributed by atoms with van der Waals surface area (Å²) in [5.41, 5.74) is 2.18. The zero-order valence-corrected chi connectivity index (χ0v) is 8.79. The highest BCUT2D eigenvalue weighted by molar-refractivity contribution is 5.73. The summed E-state index contributed by atoms with van der Waals surface area (Å²) >= 11 is 0. The van der Waals surface area contributed by atoms with E-state index in [0.717, 1.165) is 11.3 Å². The van der Waals surface area contributed by atoms with Gasteiger partial charge < -0.3 is 10.6 Å². The van der Waals surface area contributed by atoms with Gasteiger partial charge >= 0.3 is 0 Å². The normalized spacial score (nSPS) is 11.9. The molecule has 3 heteroatoms. The molecule has 1 unspecified atom stereocenters. The quantitative estimate of drug-likeness (QED) is 0.768. The first-order valence-electron chi connectivity index (χ1n) is 4.68. The number of amides is 1. The topological polar surface area (TPSA) is 41.1 Å². The number of carbonyl (C=O) groups is 1. The van der Waals surface area contributed by atoms with Crippen molar-refractivity contribution in [2.75, 3.05) is 12.4 Å². The van der Waals surface area contributed by atoms with E-state index in [4.69, 9.17) is 0 Å². The van der Waals surface area contributed by atoms with E-state index in [1.165, 1.54) is 6.92 Å². The van der Waals surface area contributed by atoms with Crippen LogP contribution < -0.4 is 10.6 Å². The number of hydrogen-bond acceptors (Lipinski definition) is 2. The van der Waals surface area contributed by atoms with Crippen LogP contribution in [0.3, 0.4) is 0 Å². The molecule has 1 atom stereocenters. The Morgan fingerprint density at radius 1 is 1.29 bits per heavy atom. The van der Waals surface area contributed by atoms with Gasteiger partial charge in [0.2, 0.25) is 5.91 Å². The lowest BCUT2D eigenvalue weighted by Crippen LogP contribution is -2.23. The van der Waals surface area contributed by atoms with Crippen molar-refractivity contribution in [2.45, 2.75) is 19.9 Å². The smallest absolute Gasteiger partial charge is 0.217 e. The molecule has 0 saturated heterocycles. The molecule has 3 nitrogen and oxygen atoms in total. The van der Waals surface area contributed by atoms with E-state index >= 15 is 0 Å². The predicted octanol–water partition coefficient (Wildman–Crippen LogP) is 1.93. The van der Waals surface area contributed by atoms with Gasteiger partial charge in [-0.1, -0.05) is 12.1 Å². The summed E-state index contributed by atoms with van der Waals surface area (Å²) < 4.78 is 0. The Hall–Kier alpha value is -1.51. The van der Waals surface area contributed by atoms with Gasteiger partial charge in [-0.25, -0.2) is 0 Å². The maximum atomic E-state index is 10.8. The Kier molecular flexibility index (Phi) is 3.51. The van der Waals surface area contributed by atoms with Crippen molar-refractivity contribution < 1.29 is 4.79 Å². The fourth-order valence-electron chi connectivity index (χ4n) is 1.33. The fraction of sp³-hybridized carbons (Fsp3) is 0.364. The molecule has 2 N–H and O–H groups in total. The Balaban J connectivity index is 2.71. The number of nitrogens with one attached hydrogen (secondary N) is 2. The molecule has 1 rings (SSSR count). The Morgan fingerprint density at radius 2 is 1.86 bits per heavy atom. The molecule has 1 aromatic carbocycles. The summed E-state index contributed by atoms with van der Waals surface area (Å²) in [6.07, 6.45) is 0. The highest BCUT2D eigenvalue weighted by Gasteiger charge is 2.05. The maximum absolute atomic E-state index is 10.8. The van der Waals surface area contributed by atoms with Gasteiger partial charge in [0.25, 0.3) is 0 Å². The van der Waals surface area contributed by atoms with Crippen LogP contribution in [0.25, 0.3) is 0 Å². The molecule has 0 spiro atoms. The van der Waals surface area contributed by atoms with Crippen LogP contribution in [-0.2, 0) is 4.79 Å². The molecule has 0 bridgehead atoms. The van der Waals surface area contributed by atoms with Crippen LogP contribution in [-0.4, -0.2) is 13.0 Å². The highest BCUT2D eigenvalue weighted by atomic mass is 16.1. The zero-order valence-electron chi connectivity index (χ0n) is 8.79. The van der Waals surface area contributed by atoms with Crippen LogP contribution in [0.15, 0.2) is 24.3 Å². The van der Waals surface area contributed by atoms with Gasteiger partial charge in [0.15, 0.2) is 0 Å². The van der Waals surface area contributed by atoms with Gasteiger partial charge in [-0.05, 0) is 24.6 Å². The van der Waals surface area contributed by atoms with Crippen molar-refractivity contribution in [1.82, 2.24) is 5.32 Å². The fourth-order valence-corrected chi connectivity index (χ4v) is 1.33. The number of rotatable bonds is 3. The molecule has 0 aliphatic rings. The van der Waals surface area contributed by atoms with Gasteiger partial charge in [-0.3, -0.25) is 4.79 Å². The minimum Gasteiger partial charge on any atom is -0.388 e. The molecular weight excluding hydrogens is 176 g/mol. The van der Waals surface area contributed by atoms with E-state index in [2.05, 4.69) is 10.6 Å². The Labute approximate surface area is 84.5 Å². The molecule has 14 heavy (non-hydrogen) atoms. The summed E-state index contributed by atoms with van der Waals surface area (Å²) in [6, 6.07) is 8.07. The molecule has 1 aromatic rings. The van der Waals surface area contributed by atoms with Gasteiger partial charge in [0.1, 0.15) is 0 Å². The van der Waals surface area contributed by atoms with Crippen LogP contribution in [0, 0.1) is 0 Å². The average molecular weight is 192 g/mol. The van der Waals surface area contributed by atoms with E-state index < -0.39 is 0 Å². The van der Waals surface area contributed by atoms with Crippen molar-refractivity contribution in [1.29, 1.82) is 0 Å². The maximum Gasteiger partial charge on any atom is 0.217 e. The molecule has 0 aromatic heterocycles. The van der Waals surface area contributed by atoms with Crippen molar-refractivity contribution in [3.63, 3.8) is 0 Å². The third-order valence-corrected chi connectivity index (χ3v) is 2.12. The second-order valence-electron chi connectivity index (χ2n) is 3.29. The highest BCUT2D eigenvalue weighted by Crippen LogP contribution is 2.15. The Bertz CT molecular complexity index is 306. The largest absolute Gasteiger partial charge is 0.388 e. The molecule has 0 radical (unpaired) electrons. The molecule has 0 aliphatic heterocycles. The second kappa shape index (κ2) is 4.65. The minimum absolute atomic E-state index is 0.00445. The summed E-state index contributed by atoms with van der Waals surface area (Å²) in [5, 5.41) is 5.88. The van der Waals surface area contributed by atoms with Crippen molar-refractivity contribution >= 4 is 11.6 Å². The van der Waals surface area contributed by atoms with Gasteiger partial charge in [-0.2, -0.15) is 0 Å². The lowest BCUT2D eigenvalue weighted by atomic mass is 10.1. The van der Waals surface area contributed by atoms with Crippen molar-refractivity contribution in [3.05, 3.63) is 29.8 Å². The van der Waals surface area contributed by atoms with Crippen LogP contribution in [0.2, 0.25) is 0 Å². The minimum atomic E-state index is -0.00445. The monoisotopic (exact) mass is 192 g/mol. The molecule has 0 fully saturated rings. The summed E-state index contributed by atoms with van der Waals surface area (Å²) in [7, 11) is 1.88. The van der Waals surface area contributed by atoms with Crippen LogP contribution in [0.5, 0.6) is 0 Å². The first-order chi connectivity index (χ1) is 6.63.